The molecule has 5 heteroatoms. The van der Waals surface area contributed by atoms with E-state index in [1.54, 1.807) is 0 Å². The third-order valence-corrected chi connectivity index (χ3v) is 5.05. The van der Waals surface area contributed by atoms with Crippen molar-refractivity contribution >= 4 is 16.9 Å². The number of benzene rings is 2. The van der Waals surface area contributed by atoms with E-state index >= 15 is 0 Å². The number of carbonyl (C=O) groups is 1. The molecular formula is C23H29N3O2. The molecule has 3 aromatic rings. The maximum Gasteiger partial charge on any atom is 0.223 e. The lowest BCUT2D eigenvalue weighted by Crippen LogP contribution is -2.30. The molecule has 0 aliphatic heterocycles. The maximum atomic E-state index is 12.4. The van der Waals surface area contributed by atoms with Gasteiger partial charge in [-0.2, -0.15) is 0 Å². The molecule has 0 bridgehead atoms. The van der Waals surface area contributed by atoms with Crippen LogP contribution in [-0.4, -0.2) is 22.1 Å². The number of amides is 1. The number of ether oxygens (including phenoxy) is 1. The van der Waals surface area contributed by atoms with Crippen molar-refractivity contribution in [2.45, 2.75) is 46.2 Å². The smallest absolute Gasteiger partial charge is 0.223 e. The third-order valence-electron chi connectivity index (χ3n) is 5.05. The van der Waals surface area contributed by atoms with E-state index in [0.29, 0.717) is 13.2 Å². The van der Waals surface area contributed by atoms with Crippen LogP contribution in [0.3, 0.4) is 0 Å². The van der Waals surface area contributed by atoms with E-state index in [1.807, 2.05) is 48.5 Å². The Balaban J connectivity index is 1.66. The van der Waals surface area contributed by atoms with Crippen LogP contribution in [0.15, 0.2) is 54.6 Å². The molecule has 0 spiro atoms. The van der Waals surface area contributed by atoms with Crippen molar-refractivity contribution in [1.29, 1.82) is 0 Å². The molecule has 1 N–H and O–H groups in total. The minimum atomic E-state index is 0.0668. The van der Waals surface area contributed by atoms with Crippen molar-refractivity contribution in [2.75, 3.05) is 6.61 Å². The van der Waals surface area contributed by atoms with Crippen LogP contribution in [-0.2, 0) is 17.9 Å². The highest BCUT2D eigenvalue weighted by atomic mass is 16.5. The van der Waals surface area contributed by atoms with Crippen molar-refractivity contribution in [3.05, 3.63) is 60.4 Å². The molecule has 5 nitrogen and oxygen atoms in total. The van der Waals surface area contributed by atoms with E-state index in [2.05, 4.69) is 29.8 Å². The fraction of sp³-hybridized carbons (Fsp3) is 0.391. The Labute approximate surface area is 166 Å². The van der Waals surface area contributed by atoms with Gasteiger partial charge in [0.2, 0.25) is 5.91 Å². The highest BCUT2D eigenvalue weighted by Gasteiger charge is 2.16. The van der Waals surface area contributed by atoms with Crippen LogP contribution in [0, 0.1) is 5.92 Å². The zero-order chi connectivity index (χ0) is 19.8. The number of hydrogen-bond acceptors (Lipinski definition) is 3. The van der Waals surface area contributed by atoms with E-state index in [4.69, 9.17) is 9.72 Å². The van der Waals surface area contributed by atoms with Gasteiger partial charge in [-0.05, 0) is 43.5 Å². The second-order valence-corrected chi connectivity index (χ2v) is 6.91. The summed E-state index contributed by atoms with van der Waals surface area (Å²) in [5, 5.41) is 3.06. The molecule has 1 heterocycles. The summed E-state index contributed by atoms with van der Waals surface area (Å²) in [4.78, 5) is 17.1. The van der Waals surface area contributed by atoms with Crippen molar-refractivity contribution in [2.24, 2.45) is 5.92 Å². The van der Waals surface area contributed by atoms with Gasteiger partial charge in [0.15, 0.2) is 0 Å². The minimum absolute atomic E-state index is 0.0668. The zero-order valence-electron chi connectivity index (χ0n) is 16.7. The summed E-state index contributed by atoms with van der Waals surface area (Å²) in [5.41, 5.74) is 2.05. The zero-order valence-corrected chi connectivity index (χ0v) is 16.7. The molecule has 1 amide bonds. The van der Waals surface area contributed by atoms with Crippen LogP contribution in [0.2, 0.25) is 0 Å². The second-order valence-electron chi connectivity index (χ2n) is 6.91. The van der Waals surface area contributed by atoms with E-state index < -0.39 is 0 Å². The van der Waals surface area contributed by atoms with Gasteiger partial charge in [-0.3, -0.25) is 4.79 Å². The second kappa shape index (κ2) is 9.93. The maximum absolute atomic E-state index is 12.4. The fourth-order valence-corrected chi connectivity index (χ4v) is 3.41. The van der Waals surface area contributed by atoms with Gasteiger partial charge < -0.3 is 14.6 Å². The largest absolute Gasteiger partial charge is 0.494 e. The molecule has 3 rings (SSSR count). The summed E-state index contributed by atoms with van der Waals surface area (Å²) >= 11 is 0. The van der Waals surface area contributed by atoms with Crippen molar-refractivity contribution in [3.8, 4) is 5.75 Å². The predicted molar refractivity (Wildman–Crippen MR) is 112 cm³/mol. The van der Waals surface area contributed by atoms with Gasteiger partial charge >= 0.3 is 0 Å². The van der Waals surface area contributed by atoms with Crippen LogP contribution in [0.5, 0.6) is 5.75 Å². The molecule has 28 heavy (non-hydrogen) atoms. The lowest BCUT2D eigenvalue weighted by atomic mass is 10.0. The highest BCUT2D eigenvalue weighted by Crippen LogP contribution is 2.17. The molecule has 0 aliphatic rings. The van der Waals surface area contributed by atoms with Crippen LogP contribution in [0.1, 0.15) is 38.9 Å². The van der Waals surface area contributed by atoms with E-state index in [-0.39, 0.29) is 11.8 Å². The Kier molecular flexibility index (Phi) is 7.06. The van der Waals surface area contributed by atoms with E-state index in [0.717, 1.165) is 48.4 Å². The molecule has 0 fully saturated rings. The number of fused-ring (bicyclic) bond motifs is 1. The molecule has 1 aromatic heterocycles. The molecule has 0 aliphatic carbocycles. The molecule has 2 aromatic carbocycles. The Morgan fingerprint density at radius 3 is 2.54 bits per heavy atom. The third kappa shape index (κ3) is 4.91. The monoisotopic (exact) mass is 379 g/mol. The number of hydrogen-bond donors (Lipinski definition) is 1. The molecule has 148 valence electrons. The summed E-state index contributed by atoms with van der Waals surface area (Å²) in [6, 6.07) is 18.0. The number of rotatable bonds is 10. The van der Waals surface area contributed by atoms with Crippen LogP contribution >= 0.6 is 0 Å². The van der Waals surface area contributed by atoms with Crippen molar-refractivity contribution in [1.82, 2.24) is 14.9 Å². The average molecular weight is 380 g/mol. The summed E-state index contributed by atoms with van der Waals surface area (Å²) in [7, 11) is 0. The molecule has 0 saturated carbocycles. The first-order chi connectivity index (χ1) is 13.7. The first kappa shape index (κ1) is 19.9. The summed E-state index contributed by atoms with van der Waals surface area (Å²) in [6.07, 6.45) is 2.58. The topological polar surface area (TPSA) is 56.2 Å². The summed E-state index contributed by atoms with van der Waals surface area (Å²) in [6.45, 7) is 5.98. The normalized spacial score (nSPS) is 11.1. The number of nitrogens with one attached hydrogen (secondary N) is 1. The highest BCUT2D eigenvalue weighted by molar-refractivity contribution is 5.79. The fourth-order valence-electron chi connectivity index (χ4n) is 3.41. The Bertz CT molecular complexity index is 885. The number of para-hydroxylation sites is 3. The molecule has 0 atom stereocenters. The van der Waals surface area contributed by atoms with Gasteiger partial charge in [0.25, 0.3) is 0 Å². The van der Waals surface area contributed by atoms with Gasteiger partial charge in [-0.15, -0.1) is 0 Å². The SMILES string of the molecule is CCC(CC)C(=O)NCc1nc2ccccc2n1CCCOc1ccccc1. The van der Waals surface area contributed by atoms with Gasteiger partial charge in [-0.1, -0.05) is 44.2 Å². The first-order valence-electron chi connectivity index (χ1n) is 10.1. The number of aromatic nitrogens is 2. The lowest BCUT2D eigenvalue weighted by molar-refractivity contribution is -0.125. The van der Waals surface area contributed by atoms with Gasteiger partial charge in [-0.25, -0.2) is 4.98 Å². The quantitative estimate of drug-likeness (QED) is 0.526. The van der Waals surface area contributed by atoms with E-state index in [9.17, 15) is 4.79 Å². The number of imidazole rings is 1. The molecule has 0 radical (unpaired) electrons. The summed E-state index contributed by atoms with van der Waals surface area (Å²) in [5.74, 6) is 1.95. The van der Waals surface area contributed by atoms with Gasteiger partial charge in [0.05, 0.1) is 24.2 Å². The number of nitrogens with zero attached hydrogens (tertiary/aromatic N) is 2. The Hall–Kier alpha value is -2.82. The van der Waals surface area contributed by atoms with Crippen LogP contribution in [0.25, 0.3) is 11.0 Å². The van der Waals surface area contributed by atoms with Gasteiger partial charge in [0, 0.05) is 12.5 Å². The number of carbonyl (C=O) groups excluding carboxylic acids is 1. The van der Waals surface area contributed by atoms with Gasteiger partial charge in [0.1, 0.15) is 11.6 Å². The Morgan fingerprint density at radius 2 is 1.79 bits per heavy atom. The van der Waals surface area contributed by atoms with Crippen LogP contribution < -0.4 is 10.1 Å². The molecular weight excluding hydrogens is 350 g/mol. The molecule has 0 saturated heterocycles. The lowest BCUT2D eigenvalue weighted by Gasteiger charge is -2.14. The number of aryl methyl sites for hydroxylation is 1. The predicted octanol–water partition coefficient (Wildman–Crippen LogP) is 4.56. The van der Waals surface area contributed by atoms with Crippen LogP contribution in [0.4, 0.5) is 0 Å². The molecule has 0 unspecified atom stereocenters. The Morgan fingerprint density at radius 1 is 1.07 bits per heavy atom. The average Bonchev–Trinajstić information content (AvgIpc) is 3.09. The van der Waals surface area contributed by atoms with Crippen molar-refractivity contribution < 1.29 is 9.53 Å². The summed E-state index contributed by atoms with van der Waals surface area (Å²) < 4.78 is 8.00. The first-order valence-corrected chi connectivity index (χ1v) is 10.1. The minimum Gasteiger partial charge on any atom is -0.494 e. The van der Waals surface area contributed by atoms with Crippen molar-refractivity contribution in [3.63, 3.8) is 0 Å². The standard InChI is InChI=1S/C23H29N3O2/c1-3-18(4-2)23(27)24-17-22-25-20-13-8-9-14-21(20)26(22)15-10-16-28-19-11-6-5-7-12-19/h5-9,11-14,18H,3-4,10,15-17H2,1-2H3,(H,24,27). The van der Waals surface area contributed by atoms with E-state index in [1.165, 1.54) is 0 Å².